The van der Waals surface area contributed by atoms with Gasteiger partial charge in [-0.3, -0.25) is 9.69 Å². The molecule has 3 rings (SSSR count). The number of hydrogen-bond acceptors (Lipinski definition) is 7. The number of esters is 1. The smallest absolute Gasteiger partial charge is 0.337 e. The van der Waals surface area contributed by atoms with E-state index in [0.29, 0.717) is 45.6 Å². The normalized spacial score (nSPS) is 16.0. The van der Waals surface area contributed by atoms with E-state index in [1.165, 1.54) is 26.0 Å². The van der Waals surface area contributed by atoms with Crippen LogP contribution in [0.5, 0.6) is 11.5 Å². The number of rotatable bonds is 7. The number of carbonyl (C=O) groups excluding carboxylic acids is 2. The van der Waals surface area contributed by atoms with Crippen molar-refractivity contribution in [2.45, 2.75) is 13.3 Å². The number of aliphatic imine (C=N–C) groups is 1. The van der Waals surface area contributed by atoms with Crippen LogP contribution in [0.4, 0.5) is 5.69 Å². The van der Waals surface area contributed by atoms with Gasteiger partial charge in [-0.25, -0.2) is 9.79 Å². The molecule has 32 heavy (non-hydrogen) atoms. The Morgan fingerprint density at radius 1 is 1.25 bits per heavy atom. The van der Waals surface area contributed by atoms with Gasteiger partial charge in [0, 0.05) is 12.1 Å². The zero-order valence-electron chi connectivity index (χ0n) is 18.1. The highest BCUT2D eigenvalue weighted by atomic mass is 32.2. The predicted octanol–water partition coefficient (Wildman–Crippen LogP) is 4.54. The predicted molar refractivity (Wildman–Crippen MR) is 126 cm³/mol. The summed E-state index contributed by atoms with van der Waals surface area (Å²) in [6.07, 6.45) is 3.92. The van der Waals surface area contributed by atoms with Crippen molar-refractivity contribution < 1.29 is 24.2 Å². The number of methoxy groups -OCH3 is 2. The van der Waals surface area contributed by atoms with E-state index in [0.717, 1.165) is 5.56 Å². The average molecular weight is 453 g/mol. The lowest BCUT2D eigenvalue weighted by molar-refractivity contribution is -0.122. The number of aromatic hydroxyl groups is 1. The number of ether oxygens (including phenoxy) is 2. The molecule has 2 aromatic carbocycles. The molecule has 1 aliphatic rings. The zero-order chi connectivity index (χ0) is 23.3. The molecule has 166 valence electrons. The summed E-state index contributed by atoms with van der Waals surface area (Å²) in [7, 11) is 2.81. The lowest BCUT2D eigenvalue weighted by atomic mass is 10.1. The Morgan fingerprint density at radius 3 is 2.56 bits per heavy atom. The molecule has 2 aromatic rings. The Labute approximate surface area is 191 Å². The zero-order valence-corrected chi connectivity index (χ0v) is 18.9. The van der Waals surface area contributed by atoms with Crippen LogP contribution in [0.2, 0.25) is 0 Å². The Balaban J connectivity index is 1.94. The minimum absolute atomic E-state index is 0.0628. The maximum Gasteiger partial charge on any atom is 0.337 e. The first kappa shape index (κ1) is 23.1. The van der Waals surface area contributed by atoms with Crippen molar-refractivity contribution in [3.05, 3.63) is 70.6 Å². The van der Waals surface area contributed by atoms with Gasteiger partial charge in [0.1, 0.15) is 0 Å². The molecule has 0 spiro atoms. The van der Waals surface area contributed by atoms with Gasteiger partial charge in [0.25, 0.3) is 5.91 Å². The topological polar surface area (TPSA) is 88.4 Å². The molecule has 1 heterocycles. The van der Waals surface area contributed by atoms with E-state index in [2.05, 4.69) is 11.6 Å². The monoisotopic (exact) mass is 452 g/mol. The summed E-state index contributed by atoms with van der Waals surface area (Å²) in [5.74, 6) is -0.179. The van der Waals surface area contributed by atoms with Gasteiger partial charge in [-0.2, -0.15) is 0 Å². The fraction of sp³-hybridized carbons (Fsp3) is 0.208. The number of likely N-dealkylation sites (N-methyl/N-ethyl adjacent to an activating group) is 1. The van der Waals surface area contributed by atoms with Gasteiger partial charge in [-0.15, -0.1) is 6.58 Å². The van der Waals surface area contributed by atoms with E-state index in [1.54, 1.807) is 53.5 Å². The van der Waals surface area contributed by atoms with Crippen LogP contribution in [0.1, 0.15) is 28.4 Å². The molecule has 0 radical (unpaired) electrons. The summed E-state index contributed by atoms with van der Waals surface area (Å²) < 4.78 is 9.98. The fourth-order valence-electron chi connectivity index (χ4n) is 3.16. The SMILES string of the molecule is C=CCc1cc(/C=C2/SC(=Nc3ccc(C(=O)OC)cc3)N(CC)C2=O)cc(OC)c1O. The molecule has 0 unspecified atom stereocenters. The molecule has 1 fully saturated rings. The highest BCUT2D eigenvalue weighted by Crippen LogP contribution is 2.37. The van der Waals surface area contributed by atoms with Crippen LogP contribution in [0.3, 0.4) is 0 Å². The van der Waals surface area contributed by atoms with Crippen molar-refractivity contribution in [1.29, 1.82) is 0 Å². The van der Waals surface area contributed by atoms with E-state index >= 15 is 0 Å². The fourth-order valence-corrected chi connectivity index (χ4v) is 4.22. The van der Waals surface area contributed by atoms with Gasteiger partial charge in [-0.1, -0.05) is 6.08 Å². The molecule has 0 saturated carbocycles. The van der Waals surface area contributed by atoms with Gasteiger partial charge < -0.3 is 14.6 Å². The molecule has 8 heteroatoms. The van der Waals surface area contributed by atoms with Gasteiger partial charge in [-0.05, 0) is 73.1 Å². The van der Waals surface area contributed by atoms with E-state index in [-0.39, 0.29) is 11.7 Å². The quantitative estimate of drug-likeness (QED) is 0.377. The molecule has 1 aliphatic heterocycles. The molecule has 7 nitrogen and oxygen atoms in total. The van der Waals surface area contributed by atoms with Crippen LogP contribution in [-0.4, -0.2) is 47.8 Å². The second-order valence-corrected chi connectivity index (χ2v) is 7.83. The summed E-state index contributed by atoms with van der Waals surface area (Å²) in [5, 5.41) is 10.8. The molecule has 0 bridgehead atoms. The minimum Gasteiger partial charge on any atom is -0.504 e. The maximum atomic E-state index is 13.0. The number of carbonyl (C=O) groups is 2. The summed E-state index contributed by atoms with van der Waals surface area (Å²) >= 11 is 1.27. The van der Waals surface area contributed by atoms with Gasteiger partial charge in [0.15, 0.2) is 16.7 Å². The number of nitrogens with zero attached hydrogens (tertiary/aromatic N) is 2. The number of amides is 1. The molecule has 0 atom stereocenters. The summed E-state index contributed by atoms with van der Waals surface area (Å²) in [4.78, 5) is 31.2. The van der Waals surface area contributed by atoms with Crippen LogP contribution in [-0.2, 0) is 16.0 Å². The molecular weight excluding hydrogens is 428 g/mol. The van der Waals surface area contributed by atoms with Crippen molar-refractivity contribution in [2.24, 2.45) is 4.99 Å². The van der Waals surface area contributed by atoms with E-state index in [9.17, 15) is 14.7 Å². The van der Waals surface area contributed by atoms with Crippen LogP contribution in [0, 0.1) is 0 Å². The standard InChI is InChI=1S/C24H24N2O5S/c1-5-7-17-12-15(13-19(30-3)21(17)27)14-20-22(28)26(6-2)24(32-20)25-18-10-8-16(9-11-18)23(29)31-4/h5,8-14,27H,1,6-7H2,2-4H3/b20-14+,25-24?. The number of allylic oxidation sites excluding steroid dienone is 1. The third-order valence-electron chi connectivity index (χ3n) is 4.78. The number of hydrogen-bond donors (Lipinski definition) is 1. The molecule has 1 N–H and O–H groups in total. The van der Waals surface area contributed by atoms with Crippen molar-refractivity contribution in [3.63, 3.8) is 0 Å². The van der Waals surface area contributed by atoms with Gasteiger partial charge >= 0.3 is 5.97 Å². The highest BCUT2D eigenvalue weighted by Gasteiger charge is 2.32. The number of amidine groups is 1. The first-order valence-electron chi connectivity index (χ1n) is 9.91. The molecular formula is C24H24N2O5S. The Hall–Kier alpha value is -3.52. The third kappa shape index (κ3) is 4.86. The van der Waals surface area contributed by atoms with Crippen molar-refractivity contribution in [1.82, 2.24) is 4.90 Å². The van der Waals surface area contributed by atoms with Crippen molar-refractivity contribution >= 4 is 40.6 Å². The minimum atomic E-state index is -0.421. The van der Waals surface area contributed by atoms with Crippen molar-refractivity contribution in [2.75, 3.05) is 20.8 Å². The summed E-state index contributed by atoms with van der Waals surface area (Å²) in [6, 6.07) is 10.1. The first-order chi connectivity index (χ1) is 15.4. The van der Waals surface area contributed by atoms with Crippen LogP contribution < -0.4 is 4.74 Å². The number of phenolic OH excluding ortho intramolecular Hbond substituents is 1. The van der Waals surface area contributed by atoms with Crippen LogP contribution >= 0.6 is 11.8 Å². The number of thioether (sulfide) groups is 1. The Bertz CT molecular complexity index is 1110. The van der Waals surface area contributed by atoms with Gasteiger partial charge in [0.05, 0.1) is 30.4 Å². The average Bonchev–Trinajstić information content (AvgIpc) is 3.09. The highest BCUT2D eigenvalue weighted by molar-refractivity contribution is 8.18. The molecule has 1 saturated heterocycles. The second-order valence-electron chi connectivity index (χ2n) is 6.82. The summed E-state index contributed by atoms with van der Waals surface area (Å²) in [5.41, 5.74) is 2.43. The third-order valence-corrected chi connectivity index (χ3v) is 5.78. The summed E-state index contributed by atoms with van der Waals surface area (Å²) in [6.45, 7) is 6.05. The van der Waals surface area contributed by atoms with Crippen LogP contribution in [0.15, 0.2) is 59.0 Å². The van der Waals surface area contributed by atoms with E-state index < -0.39 is 5.97 Å². The first-order valence-corrected chi connectivity index (χ1v) is 10.7. The lowest BCUT2D eigenvalue weighted by Crippen LogP contribution is -2.28. The molecule has 0 aromatic heterocycles. The van der Waals surface area contributed by atoms with E-state index in [4.69, 9.17) is 9.47 Å². The Morgan fingerprint density at radius 2 is 1.97 bits per heavy atom. The van der Waals surface area contributed by atoms with Crippen LogP contribution in [0.25, 0.3) is 6.08 Å². The van der Waals surface area contributed by atoms with E-state index in [1.807, 2.05) is 6.92 Å². The van der Waals surface area contributed by atoms with Crippen molar-refractivity contribution in [3.8, 4) is 11.5 Å². The maximum absolute atomic E-state index is 13.0. The second kappa shape index (κ2) is 10.2. The lowest BCUT2D eigenvalue weighted by Gasteiger charge is -2.12. The largest absolute Gasteiger partial charge is 0.504 e. The molecule has 1 amide bonds. The number of benzene rings is 2. The Kier molecular flexibility index (Phi) is 7.37. The molecule has 0 aliphatic carbocycles. The number of phenols is 1. The van der Waals surface area contributed by atoms with Gasteiger partial charge in [0.2, 0.25) is 0 Å².